The van der Waals surface area contributed by atoms with Crippen molar-refractivity contribution in [3.63, 3.8) is 0 Å². The van der Waals surface area contributed by atoms with Crippen molar-refractivity contribution < 1.29 is 14.3 Å². The van der Waals surface area contributed by atoms with Gasteiger partial charge in [-0.15, -0.1) is 0 Å². The molecule has 2 saturated heterocycles. The number of amides is 1. The predicted octanol–water partition coefficient (Wildman–Crippen LogP) is 0.335. The predicted molar refractivity (Wildman–Crippen MR) is 63.3 cm³/mol. The molecule has 2 aliphatic rings. The quantitative estimate of drug-likeness (QED) is 0.772. The molecule has 5 heteroatoms. The number of nitrogens with zero attached hydrogens (tertiary/aromatic N) is 1. The molecule has 0 radical (unpaired) electrons. The molecule has 2 fully saturated rings. The maximum Gasteiger partial charge on any atom is 0.234 e. The number of carbonyl (C=O) groups is 1. The van der Waals surface area contributed by atoms with Crippen molar-refractivity contribution in [1.82, 2.24) is 4.90 Å². The molecule has 0 aromatic rings. The van der Waals surface area contributed by atoms with Gasteiger partial charge in [0.05, 0.1) is 19.3 Å². The van der Waals surface area contributed by atoms with Crippen LogP contribution in [0.1, 0.15) is 26.2 Å². The van der Waals surface area contributed by atoms with E-state index in [0.29, 0.717) is 19.1 Å². The van der Waals surface area contributed by atoms with E-state index in [4.69, 9.17) is 15.2 Å². The number of carbonyl (C=O) groups excluding carboxylic acids is 1. The van der Waals surface area contributed by atoms with E-state index in [1.165, 1.54) is 0 Å². The Labute approximate surface area is 102 Å². The Balaban J connectivity index is 1.93. The van der Waals surface area contributed by atoms with Gasteiger partial charge in [-0.2, -0.15) is 0 Å². The molecule has 5 nitrogen and oxygen atoms in total. The van der Waals surface area contributed by atoms with Crippen molar-refractivity contribution in [1.29, 1.82) is 0 Å². The lowest BCUT2D eigenvalue weighted by atomic mass is 9.95. The number of piperidine rings is 1. The lowest BCUT2D eigenvalue weighted by Crippen LogP contribution is -2.50. The molecule has 0 aliphatic carbocycles. The summed E-state index contributed by atoms with van der Waals surface area (Å²) >= 11 is 0. The van der Waals surface area contributed by atoms with Crippen LogP contribution in [0, 0.1) is 5.92 Å². The topological polar surface area (TPSA) is 64.8 Å². The Kier molecular flexibility index (Phi) is 4.36. The fraction of sp³-hybridized carbons (Fsp3) is 0.917. The van der Waals surface area contributed by atoms with Gasteiger partial charge in [0.15, 0.2) is 6.29 Å². The SMILES string of the molecule is CCC(C(N)=O)N1CCCC(C2OCCO2)C1. The first-order valence-electron chi connectivity index (χ1n) is 6.49. The number of hydrogen-bond donors (Lipinski definition) is 1. The van der Waals surface area contributed by atoms with Crippen LogP contribution in [0.2, 0.25) is 0 Å². The van der Waals surface area contributed by atoms with Gasteiger partial charge in [0.2, 0.25) is 5.91 Å². The molecule has 1 amide bonds. The van der Waals surface area contributed by atoms with Gasteiger partial charge in [0.1, 0.15) is 0 Å². The zero-order chi connectivity index (χ0) is 12.3. The third kappa shape index (κ3) is 2.97. The molecule has 0 spiro atoms. The van der Waals surface area contributed by atoms with Crippen molar-refractivity contribution in [2.45, 2.75) is 38.5 Å². The molecule has 0 saturated carbocycles. The van der Waals surface area contributed by atoms with Crippen LogP contribution in [0.25, 0.3) is 0 Å². The minimum atomic E-state index is -0.221. The monoisotopic (exact) mass is 242 g/mol. The normalized spacial score (nSPS) is 29.4. The highest BCUT2D eigenvalue weighted by atomic mass is 16.7. The van der Waals surface area contributed by atoms with Crippen molar-refractivity contribution in [3.8, 4) is 0 Å². The van der Waals surface area contributed by atoms with E-state index in [-0.39, 0.29) is 18.2 Å². The molecule has 2 heterocycles. The molecular formula is C12H22N2O3. The summed E-state index contributed by atoms with van der Waals surface area (Å²) in [5.74, 6) is 0.154. The number of ether oxygens (including phenoxy) is 2. The van der Waals surface area contributed by atoms with Crippen molar-refractivity contribution in [2.24, 2.45) is 11.7 Å². The highest BCUT2D eigenvalue weighted by Crippen LogP contribution is 2.26. The number of nitrogens with two attached hydrogens (primary N) is 1. The summed E-state index contributed by atoms with van der Waals surface area (Å²) in [5.41, 5.74) is 5.43. The molecule has 2 aliphatic heterocycles. The van der Waals surface area contributed by atoms with E-state index in [1.807, 2.05) is 6.92 Å². The van der Waals surface area contributed by atoms with E-state index in [2.05, 4.69) is 4.90 Å². The van der Waals surface area contributed by atoms with Crippen molar-refractivity contribution in [3.05, 3.63) is 0 Å². The minimum absolute atomic E-state index is 0.0804. The number of rotatable bonds is 4. The zero-order valence-electron chi connectivity index (χ0n) is 10.4. The highest BCUT2D eigenvalue weighted by molar-refractivity contribution is 5.79. The second-order valence-electron chi connectivity index (χ2n) is 4.83. The number of hydrogen-bond acceptors (Lipinski definition) is 4. The van der Waals surface area contributed by atoms with Gasteiger partial charge in [-0.05, 0) is 25.8 Å². The summed E-state index contributed by atoms with van der Waals surface area (Å²) in [6, 6.07) is -0.140. The molecule has 0 aromatic carbocycles. The molecule has 0 bridgehead atoms. The summed E-state index contributed by atoms with van der Waals surface area (Å²) < 4.78 is 11.1. The molecule has 2 rings (SSSR count). The lowest BCUT2D eigenvalue weighted by Gasteiger charge is -2.37. The molecule has 0 aromatic heterocycles. The van der Waals surface area contributed by atoms with Gasteiger partial charge in [-0.3, -0.25) is 9.69 Å². The first-order chi connectivity index (χ1) is 8.22. The third-order valence-electron chi connectivity index (χ3n) is 3.68. The molecule has 98 valence electrons. The lowest BCUT2D eigenvalue weighted by molar-refractivity contribution is -0.128. The average molecular weight is 242 g/mol. The van der Waals surface area contributed by atoms with Gasteiger partial charge >= 0.3 is 0 Å². The van der Waals surface area contributed by atoms with Gasteiger partial charge in [-0.25, -0.2) is 0 Å². The largest absolute Gasteiger partial charge is 0.368 e. The Morgan fingerprint density at radius 3 is 2.76 bits per heavy atom. The Bertz CT molecular complexity index is 266. The van der Waals surface area contributed by atoms with Crippen molar-refractivity contribution >= 4 is 5.91 Å². The van der Waals surface area contributed by atoms with Crippen LogP contribution >= 0.6 is 0 Å². The summed E-state index contributed by atoms with van der Waals surface area (Å²) in [6.07, 6.45) is 2.88. The summed E-state index contributed by atoms with van der Waals surface area (Å²) in [4.78, 5) is 13.6. The second-order valence-corrected chi connectivity index (χ2v) is 4.83. The van der Waals surface area contributed by atoms with Gasteiger partial charge in [0.25, 0.3) is 0 Å². The number of primary amides is 1. The second kappa shape index (κ2) is 5.80. The Morgan fingerprint density at radius 1 is 1.47 bits per heavy atom. The van der Waals surface area contributed by atoms with Crippen LogP contribution < -0.4 is 5.73 Å². The van der Waals surface area contributed by atoms with E-state index < -0.39 is 0 Å². The van der Waals surface area contributed by atoms with Crippen LogP contribution in [-0.2, 0) is 14.3 Å². The highest BCUT2D eigenvalue weighted by Gasteiger charge is 2.34. The molecule has 2 N–H and O–H groups in total. The third-order valence-corrected chi connectivity index (χ3v) is 3.68. The molecule has 2 atom stereocenters. The van der Waals surface area contributed by atoms with Gasteiger partial charge in [-0.1, -0.05) is 6.92 Å². The summed E-state index contributed by atoms with van der Waals surface area (Å²) in [7, 11) is 0. The molecular weight excluding hydrogens is 220 g/mol. The Hall–Kier alpha value is -0.650. The van der Waals surface area contributed by atoms with E-state index >= 15 is 0 Å². The van der Waals surface area contributed by atoms with Crippen molar-refractivity contribution in [2.75, 3.05) is 26.3 Å². The average Bonchev–Trinajstić information content (AvgIpc) is 2.83. The fourth-order valence-corrected chi connectivity index (χ4v) is 2.83. The molecule has 17 heavy (non-hydrogen) atoms. The maximum atomic E-state index is 11.4. The van der Waals surface area contributed by atoms with Gasteiger partial charge in [0, 0.05) is 12.5 Å². The van der Waals surface area contributed by atoms with E-state index in [0.717, 1.165) is 32.4 Å². The fourth-order valence-electron chi connectivity index (χ4n) is 2.83. The first kappa shape index (κ1) is 12.8. The Morgan fingerprint density at radius 2 is 2.18 bits per heavy atom. The summed E-state index contributed by atoms with van der Waals surface area (Å²) in [6.45, 7) is 5.18. The first-order valence-corrected chi connectivity index (χ1v) is 6.49. The van der Waals surface area contributed by atoms with Crippen LogP contribution in [0.4, 0.5) is 0 Å². The standard InChI is InChI=1S/C12H22N2O3/c1-2-10(11(13)15)14-5-3-4-9(8-14)12-16-6-7-17-12/h9-10,12H,2-8H2,1H3,(H2,13,15). The number of likely N-dealkylation sites (tertiary alicyclic amines) is 1. The smallest absolute Gasteiger partial charge is 0.234 e. The zero-order valence-corrected chi connectivity index (χ0v) is 10.4. The van der Waals surface area contributed by atoms with Crippen LogP contribution in [0.3, 0.4) is 0 Å². The van der Waals surface area contributed by atoms with Crippen LogP contribution in [0.5, 0.6) is 0 Å². The summed E-state index contributed by atoms with van der Waals surface area (Å²) in [5, 5.41) is 0. The molecule has 2 unspecified atom stereocenters. The van der Waals surface area contributed by atoms with E-state index in [9.17, 15) is 4.79 Å². The minimum Gasteiger partial charge on any atom is -0.368 e. The van der Waals surface area contributed by atoms with E-state index in [1.54, 1.807) is 0 Å². The van der Waals surface area contributed by atoms with Crippen LogP contribution in [0.15, 0.2) is 0 Å². The van der Waals surface area contributed by atoms with Gasteiger partial charge < -0.3 is 15.2 Å². The maximum absolute atomic E-state index is 11.4. The van der Waals surface area contributed by atoms with Crippen LogP contribution in [-0.4, -0.2) is 49.4 Å².